The number of rotatable bonds is 7. The van der Waals surface area contributed by atoms with Crippen LogP contribution in [0.1, 0.15) is 13.8 Å². The molecule has 0 radical (unpaired) electrons. The highest BCUT2D eigenvalue weighted by Crippen LogP contribution is 2.23. The first kappa shape index (κ1) is 20.6. The topological polar surface area (TPSA) is 88.7 Å². The zero-order valence-electron chi connectivity index (χ0n) is 15.9. The lowest BCUT2D eigenvalue weighted by atomic mass is 10.3. The van der Waals surface area contributed by atoms with Crippen LogP contribution in [0, 0.1) is 11.8 Å². The minimum atomic E-state index is -0.370. The van der Waals surface area contributed by atoms with E-state index in [-0.39, 0.29) is 25.1 Å². The van der Waals surface area contributed by atoms with Crippen LogP contribution in [-0.4, -0.2) is 31.7 Å². The maximum absolute atomic E-state index is 11.9. The number of benzene rings is 2. The van der Waals surface area contributed by atoms with Gasteiger partial charge >= 0.3 is 6.03 Å². The van der Waals surface area contributed by atoms with Gasteiger partial charge in [-0.25, -0.2) is 4.79 Å². The predicted octanol–water partition coefficient (Wildman–Crippen LogP) is 3.25. The molecule has 0 aliphatic carbocycles. The van der Waals surface area contributed by atoms with E-state index in [4.69, 9.17) is 9.47 Å². The molecule has 0 saturated carbocycles. The molecule has 3 N–H and O–H groups in total. The summed E-state index contributed by atoms with van der Waals surface area (Å²) in [5, 5.41) is 8.05. The standard InChI is InChI=1S/C21H23N3O4/c1-3-27-20-12-5-4-11-19(20)24-21(26)22-13-6-7-14-28-18-10-8-9-17(15-18)23-16(2)25/h4-5,8-12,15H,3,13-14H2,1-2H3,(H,23,25)(H2,22,24,26). The summed E-state index contributed by atoms with van der Waals surface area (Å²) in [6.07, 6.45) is 0. The number of hydrogen-bond donors (Lipinski definition) is 3. The zero-order chi connectivity index (χ0) is 20.2. The number of hydrogen-bond acceptors (Lipinski definition) is 4. The Morgan fingerprint density at radius 1 is 1.00 bits per heavy atom. The van der Waals surface area contributed by atoms with E-state index < -0.39 is 0 Å². The van der Waals surface area contributed by atoms with E-state index >= 15 is 0 Å². The third kappa shape index (κ3) is 7.30. The summed E-state index contributed by atoms with van der Waals surface area (Å²) >= 11 is 0. The van der Waals surface area contributed by atoms with Crippen LogP contribution in [0.4, 0.5) is 16.2 Å². The number of carbonyl (C=O) groups is 2. The molecule has 0 aromatic heterocycles. The first-order chi connectivity index (χ1) is 13.6. The minimum Gasteiger partial charge on any atom is -0.492 e. The zero-order valence-corrected chi connectivity index (χ0v) is 15.9. The first-order valence-corrected chi connectivity index (χ1v) is 8.81. The molecule has 2 aromatic rings. The van der Waals surface area contributed by atoms with Crippen molar-refractivity contribution >= 4 is 23.3 Å². The van der Waals surface area contributed by atoms with Gasteiger partial charge in [0.15, 0.2) is 0 Å². The van der Waals surface area contributed by atoms with Gasteiger partial charge in [-0.15, -0.1) is 0 Å². The summed E-state index contributed by atoms with van der Waals surface area (Å²) in [7, 11) is 0. The van der Waals surface area contributed by atoms with E-state index in [9.17, 15) is 9.59 Å². The Balaban J connectivity index is 1.74. The predicted molar refractivity (Wildman–Crippen MR) is 109 cm³/mol. The molecule has 2 rings (SSSR count). The van der Waals surface area contributed by atoms with Crippen LogP contribution >= 0.6 is 0 Å². The lowest BCUT2D eigenvalue weighted by Gasteiger charge is -2.11. The minimum absolute atomic E-state index is 0.148. The fourth-order valence-corrected chi connectivity index (χ4v) is 2.24. The number of nitrogens with one attached hydrogen (secondary N) is 3. The molecule has 0 aliphatic heterocycles. The Morgan fingerprint density at radius 3 is 2.61 bits per heavy atom. The van der Waals surface area contributed by atoms with Gasteiger partial charge in [-0.2, -0.15) is 0 Å². The maximum atomic E-state index is 11.9. The summed E-state index contributed by atoms with van der Waals surface area (Å²) in [4.78, 5) is 23.0. The normalized spacial score (nSPS) is 9.50. The van der Waals surface area contributed by atoms with Gasteiger partial charge in [0.2, 0.25) is 5.91 Å². The third-order valence-corrected chi connectivity index (χ3v) is 3.36. The summed E-state index contributed by atoms with van der Waals surface area (Å²) < 4.78 is 11.0. The second-order valence-corrected chi connectivity index (χ2v) is 5.59. The fourth-order valence-electron chi connectivity index (χ4n) is 2.24. The summed E-state index contributed by atoms with van der Waals surface area (Å²) in [5.41, 5.74) is 1.25. The first-order valence-electron chi connectivity index (χ1n) is 8.81. The van der Waals surface area contributed by atoms with Crippen LogP contribution in [0.25, 0.3) is 0 Å². The number of ether oxygens (including phenoxy) is 2. The van der Waals surface area contributed by atoms with Crippen LogP contribution < -0.4 is 25.4 Å². The molecule has 0 fully saturated rings. The lowest BCUT2D eigenvalue weighted by molar-refractivity contribution is -0.114. The quantitative estimate of drug-likeness (QED) is 0.643. The van der Waals surface area contributed by atoms with Crippen LogP contribution in [0.2, 0.25) is 0 Å². The average molecular weight is 381 g/mol. The molecule has 2 aromatic carbocycles. The molecular weight excluding hydrogens is 358 g/mol. The van der Waals surface area contributed by atoms with Gasteiger partial charge in [0.05, 0.1) is 18.8 Å². The molecule has 0 bridgehead atoms. The summed E-state index contributed by atoms with van der Waals surface area (Å²) in [6, 6.07) is 13.9. The van der Waals surface area contributed by atoms with Crippen molar-refractivity contribution in [2.45, 2.75) is 13.8 Å². The van der Waals surface area contributed by atoms with Crippen molar-refractivity contribution in [2.75, 3.05) is 30.4 Å². The van der Waals surface area contributed by atoms with Crippen molar-refractivity contribution in [3.8, 4) is 23.3 Å². The van der Waals surface area contributed by atoms with E-state index in [0.717, 1.165) is 0 Å². The van der Waals surface area contributed by atoms with Gasteiger partial charge in [-0.05, 0) is 31.2 Å². The number of para-hydroxylation sites is 2. The molecule has 7 heteroatoms. The van der Waals surface area contributed by atoms with Crippen LogP contribution in [0.15, 0.2) is 48.5 Å². The molecule has 3 amide bonds. The fraction of sp³-hybridized carbons (Fsp3) is 0.238. The van der Waals surface area contributed by atoms with Gasteiger partial charge in [0, 0.05) is 18.7 Å². The van der Waals surface area contributed by atoms with Crippen molar-refractivity contribution in [3.05, 3.63) is 48.5 Å². The second-order valence-electron chi connectivity index (χ2n) is 5.59. The van der Waals surface area contributed by atoms with E-state index in [2.05, 4.69) is 27.8 Å². The van der Waals surface area contributed by atoms with E-state index in [1.54, 1.807) is 36.4 Å². The average Bonchev–Trinajstić information content (AvgIpc) is 2.66. The molecule has 0 aliphatic rings. The maximum Gasteiger partial charge on any atom is 0.320 e. The van der Waals surface area contributed by atoms with Crippen LogP contribution in [0.3, 0.4) is 0 Å². The monoisotopic (exact) mass is 381 g/mol. The molecule has 0 spiro atoms. The Labute approximate surface area is 164 Å². The third-order valence-electron chi connectivity index (χ3n) is 3.36. The second kappa shape index (κ2) is 11.1. The number of amides is 3. The van der Waals surface area contributed by atoms with Crippen molar-refractivity contribution in [3.63, 3.8) is 0 Å². The van der Waals surface area contributed by atoms with Crippen molar-refractivity contribution in [1.29, 1.82) is 0 Å². The Kier molecular flexibility index (Phi) is 8.21. The van der Waals surface area contributed by atoms with Gasteiger partial charge in [0.25, 0.3) is 0 Å². The van der Waals surface area contributed by atoms with E-state index in [1.165, 1.54) is 6.92 Å². The van der Waals surface area contributed by atoms with Gasteiger partial charge in [-0.1, -0.05) is 30.0 Å². The molecule has 7 nitrogen and oxygen atoms in total. The Morgan fingerprint density at radius 2 is 1.82 bits per heavy atom. The summed E-state index contributed by atoms with van der Waals surface area (Å²) in [6.45, 7) is 4.18. The molecule has 0 atom stereocenters. The molecule has 28 heavy (non-hydrogen) atoms. The lowest BCUT2D eigenvalue weighted by Crippen LogP contribution is -2.29. The smallest absolute Gasteiger partial charge is 0.320 e. The molecule has 0 saturated heterocycles. The highest BCUT2D eigenvalue weighted by Gasteiger charge is 2.05. The van der Waals surface area contributed by atoms with Crippen molar-refractivity contribution < 1.29 is 19.1 Å². The Hall–Kier alpha value is -3.66. The van der Waals surface area contributed by atoms with Crippen LogP contribution in [-0.2, 0) is 4.79 Å². The van der Waals surface area contributed by atoms with Gasteiger partial charge in [-0.3, -0.25) is 4.79 Å². The highest BCUT2D eigenvalue weighted by atomic mass is 16.5. The number of anilines is 2. The molecule has 146 valence electrons. The van der Waals surface area contributed by atoms with E-state index in [1.807, 2.05) is 19.1 Å². The van der Waals surface area contributed by atoms with Gasteiger partial charge < -0.3 is 25.4 Å². The van der Waals surface area contributed by atoms with E-state index in [0.29, 0.717) is 29.5 Å². The number of urea groups is 1. The van der Waals surface area contributed by atoms with Crippen LogP contribution in [0.5, 0.6) is 11.5 Å². The Bertz CT molecular complexity index is 871. The van der Waals surface area contributed by atoms with Gasteiger partial charge in [0.1, 0.15) is 18.1 Å². The number of carbonyl (C=O) groups excluding carboxylic acids is 2. The SMILES string of the molecule is CCOc1ccccc1NC(=O)NCC#CCOc1cccc(NC(C)=O)c1. The molecule has 0 heterocycles. The molecular formula is C21H23N3O4. The van der Waals surface area contributed by atoms with Crippen molar-refractivity contribution in [2.24, 2.45) is 0 Å². The van der Waals surface area contributed by atoms with Crippen molar-refractivity contribution in [1.82, 2.24) is 5.32 Å². The largest absolute Gasteiger partial charge is 0.492 e. The highest BCUT2D eigenvalue weighted by molar-refractivity contribution is 5.91. The summed E-state index contributed by atoms with van der Waals surface area (Å²) in [5.74, 6) is 6.69. The molecule has 0 unspecified atom stereocenters.